The van der Waals surface area contributed by atoms with Crippen molar-refractivity contribution in [2.45, 2.75) is 72.0 Å². The van der Waals surface area contributed by atoms with Crippen LogP contribution in [0.25, 0.3) is 10.8 Å². The minimum Gasteiger partial charge on any atom is -0.457 e. The topological polar surface area (TPSA) is 146 Å². The quantitative estimate of drug-likeness (QED) is 0.0344. The van der Waals surface area contributed by atoms with E-state index in [1.54, 1.807) is 37.4 Å². The summed E-state index contributed by atoms with van der Waals surface area (Å²) in [6, 6.07) is 28.9. The third kappa shape index (κ3) is 18.7. The van der Waals surface area contributed by atoms with Crippen molar-refractivity contribution in [3.05, 3.63) is 149 Å². The standard InChI is InChI=1S/C27H22F3NO2.C13H18N2O2.C8H16N2O.CH2O/c1-2-18-5-3-6-19(15-18)17-31-26(32)21-9-14-24-20(16-21)7-4-8-25(24)33-23-12-10-22(11-13-23)27(28,29)30;1-11-12(9-16)5-4-6-13(11)15-8-3-2-7-14-10-17;1-4-5-6-8(2)9-10(3)7-11;1-2/h3-16H,2,17H2,1H3,(H,31,32);4-6,9-10,15H,2-3,7-8H2,1H3,(H,14,17);7,9H,2,4-6H2,1,3H3;1H2. The second kappa shape index (κ2) is 28.5. The zero-order chi connectivity index (χ0) is 46.6. The molecule has 0 fully saturated rings. The van der Waals surface area contributed by atoms with E-state index in [0.29, 0.717) is 36.6 Å². The number of carbonyl (C=O) groups is 5. The highest BCUT2D eigenvalue weighted by Gasteiger charge is 2.30. The summed E-state index contributed by atoms with van der Waals surface area (Å²) >= 11 is 0. The maximum Gasteiger partial charge on any atom is 0.416 e. The second-order valence-corrected chi connectivity index (χ2v) is 14.1. The van der Waals surface area contributed by atoms with Gasteiger partial charge in [0.25, 0.3) is 5.91 Å². The molecule has 336 valence electrons. The summed E-state index contributed by atoms with van der Waals surface area (Å²) in [4.78, 5) is 51.6. The highest BCUT2D eigenvalue weighted by Crippen LogP contribution is 2.34. The first-order valence-corrected chi connectivity index (χ1v) is 20.4. The van der Waals surface area contributed by atoms with Crippen LogP contribution < -0.4 is 26.1 Å². The summed E-state index contributed by atoms with van der Waals surface area (Å²) in [5, 5.41) is 11.8. The van der Waals surface area contributed by atoms with Crippen LogP contribution >= 0.6 is 0 Å². The monoisotopic (exact) mass is 869 g/mol. The van der Waals surface area contributed by atoms with Crippen LogP contribution in [0.5, 0.6) is 11.5 Å². The number of benzene rings is 5. The Morgan fingerprint density at radius 2 is 1.51 bits per heavy atom. The van der Waals surface area contributed by atoms with Crippen LogP contribution in [0, 0.1) is 6.92 Å². The Kier molecular flexibility index (Phi) is 23.6. The van der Waals surface area contributed by atoms with Gasteiger partial charge in [0.1, 0.15) is 24.6 Å². The van der Waals surface area contributed by atoms with Crippen molar-refractivity contribution in [2.75, 3.05) is 25.5 Å². The Balaban J connectivity index is 0.000000379. The van der Waals surface area contributed by atoms with E-state index in [-0.39, 0.29) is 5.91 Å². The van der Waals surface area contributed by atoms with Crippen LogP contribution in [0.1, 0.15) is 88.9 Å². The molecule has 0 aliphatic rings. The van der Waals surface area contributed by atoms with E-state index < -0.39 is 11.7 Å². The number of fused-ring (bicyclic) bond motifs is 1. The van der Waals surface area contributed by atoms with E-state index in [0.717, 1.165) is 109 Å². The molecular weight excluding hydrogens is 812 g/mol. The molecule has 5 aromatic rings. The lowest BCUT2D eigenvalue weighted by Gasteiger charge is -2.15. The molecule has 0 saturated heterocycles. The van der Waals surface area contributed by atoms with Crippen molar-refractivity contribution < 1.29 is 41.9 Å². The summed E-state index contributed by atoms with van der Waals surface area (Å²) in [6.45, 7) is 13.9. The van der Waals surface area contributed by atoms with E-state index in [1.807, 2.05) is 50.1 Å². The number of aryl methyl sites for hydroxylation is 1. The summed E-state index contributed by atoms with van der Waals surface area (Å²) < 4.78 is 44.1. The summed E-state index contributed by atoms with van der Waals surface area (Å²) in [6.07, 6.45) is 3.94. The lowest BCUT2D eigenvalue weighted by atomic mass is 10.1. The number of unbranched alkanes of at least 4 members (excludes halogenated alkanes) is 2. The van der Waals surface area contributed by atoms with Gasteiger partial charge in [0.15, 0.2) is 0 Å². The minimum atomic E-state index is -4.40. The number of aldehydes is 1. The van der Waals surface area contributed by atoms with E-state index in [9.17, 15) is 32.3 Å². The van der Waals surface area contributed by atoms with Gasteiger partial charge in [-0.05, 0) is 116 Å². The summed E-state index contributed by atoms with van der Waals surface area (Å²) in [5.74, 6) is 0.607. The molecule has 11 nitrogen and oxygen atoms in total. The molecule has 14 heteroatoms. The molecule has 63 heavy (non-hydrogen) atoms. The molecule has 0 bridgehead atoms. The Labute approximate surface area is 368 Å². The van der Waals surface area contributed by atoms with Crippen molar-refractivity contribution >= 4 is 48.3 Å². The predicted octanol–water partition coefficient (Wildman–Crippen LogP) is 9.99. The molecule has 0 unspecified atom stereocenters. The number of hydrazine groups is 1. The van der Waals surface area contributed by atoms with E-state index in [4.69, 9.17) is 9.53 Å². The molecule has 0 radical (unpaired) electrons. The number of anilines is 1. The highest BCUT2D eigenvalue weighted by molar-refractivity contribution is 6.00. The third-order valence-electron chi connectivity index (χ3n) is 9.34. The van der Waals surface area contributed by atoms with Crippen LogP contribution in [0.2, 0.25) is 0 Å². The minimum absolute atomic E-state index is 0.187. The van der Waals surface area contributed by atoms with Crippen molar-refractivity contribution in [3.8, 4) is 11.5 Å². The first-order valence-electron chi connectivity index (χ1n) is 20.4. The number of halogens is 3. The maximum atomic E-state index is 12.8. The van der Waals surface area contributed by atoms with Crippen LogP contribution in [0.15, 0.2) is 115 Å². The second-order valence-electron chi connectivity index (χ2n) is 14.1. The average molecular weight is 870 g/mol. The van der Waals surface area contributed by atoms with Crippen LogP contribution in [-0.2, 0) is 33.5 Å². The Hall–Kier alpha value is -6.96. The Bertz CT molecular complexity index is 2200. The van der Waals surface area contributed by atoms with Crippen LogP contribution in [0.3, 0.4) is 0 Å². The Morgan fingerprint density at radius 1 is 0.825 bits per heavy atom. The molecule has 0 aromatic heterocycles. The van der Waals surface area contributed by atoms with Gasteiger partial charge >= 0.3 is 6.18 Å². The van der Waals surface area contributed by atoms with Gasteiger partial charge in [-0.15, -0.1) is 0 Å². The molecule has 3 amide bonds. The number of rotatable bonds is 20. The molecular formula is C49H58F3N5O6. The molecule has 4 N–H and O–H groups in total. The zero-order valence-corrected chi connectivity index (χ0v) is 36.4. The largest absolute Gasteiger partial charge is 0.457 e. The van der Waals surface area contributed by atoms with Crippen molar-refractivity contribution in [1.82, 2.24) is 21.1 Å². The predicted molar refractivity (Wildman–Crippen MR) is 244 cm³/mol. The third-order valence-corrected chi connectivity index (χ3v) is 9.34. The first kappa shape index (κ1) is 52.2. The summed E-state index contributed by atoms with van der Waals surface area (Å²) in [5.41, 5.74) is 8.46. The van der Waals surface area contributed by atoms with Gasteiger partial charge in [-0.2, -0.15) is 13.2 Å². The molecule has 0 aliphatic carbocycles. The van der Waals surface area contributed by atoms with Gasteiger partial charge < -0.3 is 30.9 Å². The van der Waals surface area contributed by atoms with Crippen LogP contribution in [-0.4, -0.2) is 56.9 Å². The number of hydrogen-bond donors (Lipinski definition) is 4. The van der Waals surface area contributed by atoms with Crippen molar-refractivity contribution in [3.63, 3.8) is 0 Å². The van der Waals surface area contributed by atoms with Gasteiger partial charge in [-0.25, -0.2) is 0 Å². The first-order chi connectivity index (χ1) is 30.3. The number of hydrogen-bond acceptors (Lipinski definition) is 8. The molecule has 0 atom stereocenters. The number of amides is 3. The number of allylic oxidation sites excluding steroid dienone is 1. The average Bonchev–Trinajstić information content (AvgIpc) is 3.30. The lowest BCUT2D eigenvalue weighted by Crippen LogP contribution is -2.31. The van der Waals surface area contributed by atoms with Gasteiger partial charge in [-0.3, -0.25) is 24.2 Å². The number of carbonyl (C=O) groups excluding carboxylic acids is 5. The maximum absolute atomic E-state index is 12.8. The Morgan fingerprint density at radius 3 is 2.16 bits per heavy atom. The number of ether oxygens (including phenoxy) is 1. The summed E-state index contributed by atoms with van der Waals surface area (Å²) in [7, 11) is 1.66. The van der Waals surface area contributed by atoms with Gasteiger partial charge in [0, 0.05) is 54.6 Å². The van der Waals surface area contributed by atoms with Gasteiger partial charge in [0.2, 0.25) is 12.8 Å². The number of nitrogens with one attached hydrogen (secondary N) is 4. The fourth-order valence-corrected chi connectivity index (χ4v) is 5.90. The smallest absolute Gasteiger partial charge is 0.416 e. The SMILES string of the molecule is C=C(CCCC)NN(C)C=O.C=O.CCc1cccc(CNC(=O)c2ccc3c(Oc4ccc(C(F)(F)F)cc4)cccc3c2)c1.Cc1c(C=O)cccc1NCCCCNC=O. The normalized spacial score (nSPS) is 10.2. The zero-order valence-electron chi connectivity index (χ0n) is 36.4. The van der Waals surface area contributed by atoms with Crippen LogP contribution in [0.4, 0.5) is 18.9 Å². The van der Waals surface area contributed by atoms with E-state index in [2.05, 4.69) is 53.9 Å². The molecule has 0 saturated carbocycles. The highest BCUT2D eigenvalue weighted by atomic mass is 19.4. The lowest BCUT2D eigenvalue weighted by molar-refractivity contribution is -0.137. The molecule has 5 rings (SSSR count). The van der Waals surface area contributed by atoms with Gasteiger partial charge in [0.05, 0.1) is 5.56 Å². The number of alkyl halides is 3. The van der Waals surface area contributed by atoms with Crippen molar-refractivity contribution in [2.24, 2.45) is 0 Å². The molecule has 0 aliphatic heterocycles. The molecule has 0 heterocycles. The van der Waals surface area contributed by atoms with Gasteiger partial charge in [-0.1, -0.05) is 75.4 Å². The fourth-order valence-electron chi connectivity index (χ4n) is 5.90. The number of nitrogens with zero attached hydrogens (tertiary/aromatic N) is 1. The van der Waals surface area contributed by atoms with E-state index in [1.165, 1.54) is 22.7 Å². The van der Waals surface area contributed by atoms with Crippen molar-refractivity contribution in [1.29, 1.82) is 0 Å². The fraction of sp³-hybridized carbons (Fsp3) is 0.286. The molecule has 5 aromatic carbocycles. The van der Waals surface area contributed by atoms with E-state index >= 15 is 0 Å². The molecule has 0 spiro atoms.